The number of pyridine rings is 1. The molecule has 2 aromatic rings. The number of ether oxygens (including phenoxy) is 5. The Labute approximate surface area is 313 Å². The van der Waals surface area contributed by atoms with Crippen molar-refractivity contribution in [3.8, 4) is 0 Å². The molecule has 0 saturated carbocycles. The smallest absolute Gasteiger partial charge is 0.335 e. The zero-order chi connectivity index (χ0) is 36.5. The number of benzene rings is 1. The van der Waals surface area contributed by atoms with Crippen LogP contribution in [-0.2, 0) is 60.5 Å². The standard InChI is InChI=1S/C38H57N3O10.ClH/c1-2-3-6-11-31-29-33-30(12-9-14-34(33)40-38(31)39)10-7-4-5-8-13-32(42)17-19-46-21-23-48-25-27-50-28-26-49-24-22-47-20-18-37(45)51-41-35(43)15-16-36(41)44;/h9,12,14,29H,2-8,10-11,13,15-28H2,1H3,(H2,39,40);1H. The van der Waals surface area contributed by atoms with Gasteiger partial charge in [0.25, 0.3) is 11.8 Å². The number of hydrogen-bond acceptors (Lipinski definition) is 12. The molecule has 292 valence electrons. The van der Waals surface area contributed by atoms with Crippen LogP contribution >= 0.6 is 12.4 Å². The second kappa shape index (κ2) is 27.4. The van der Waals surface area contributed by atoms with Crippen LogP contribution in [0.3, 0.4) is 0 Å². The molecule has 2 N–H and O–H groups in total. The number of amides is 2. The second-order valence-corrected chi connectivity index (χ2v) is 12.5. The lowest BCUT2D eigenvalue weighted by atomic mass is 9.98. The summed E-state index contributed by atoms with van der Waals surface area (Å²) < 4.78 is 27.2. The van der Waals surface area contributed by atoms with E-state index in [0.717, 1.165) is 56.0 Å². The van der Waals surface area contributed by atoms with Gasteiger partial charge in [0, 0.05) is 31.1 Å². The number of nitrogen functional groups attached to an aromatic ring is 1. The number of imide groups is 1. The predicted molar refractivity (Wildman–Crippen MR) is 199 cm³/mol. The van der Waals surface area contributed by atoms with Gasteiger partial charge >= 0.3 is 5.97 Å². The third kappa shape index (κ3) is 18.0. The Kier molecular flexibility index (Phi) is 23.7. The van der Waals surface area contributed by atoms with Crippen molar-refractivity contribution >= 4 is 52.7 Å². The van der Waals surface area contributed by atoms with E-state index in [9.17, 15) is 19.2 Å². The first-order valence-corrected chi connectivity index (χ1v) is 18.5. The molecule has 3 rings (SSSR count). The van der Waals surface area contributed by atoms with Gasteiger partial charge in [-0.15, -0.1) is 17.5 Å². The van der Waals surface area contributed by atoms with Crippen LogP contribution in [-0.4, -0.2) is 99.7 Å². The van der Waals surface area contributed by atoms with Gasteiger partial charge in [0.1, 0.15) is 11.6 Å². The first kappa shape index (κ1) is 45.0. The normalized spacial score (nSPS) is 12.8. The SMILES string of the molecule is CCCCCc1cc2c(CCCCCCC(=O)CCOCCOCCOCCOCCOCCC(=O)ON3C(=O)CCC3=O)cccc2nc1N.Cl. The fourth-order valence-corrected chi connectivity index (χ4v) is 5.54. The number of Topliss-reactive ketones (excluding diaryl/α,β-unsaturated/α-hetero) is 1. The number of rotatable bonds is 30. The van der Waals surface area contributed by atoms with E-state index in [1.807, 2.05) is 6.07 Å². The number of hydroxylamine groups is 2. The van der Waals surface area contributed by atoms with Crippen molar-refractivity contribution in [2.24, 2.45) is 0 Å². The number of carbonyl (C=O) groups excluding carboxylic acids is 4. The van der Waals surface area contributed by atoms with E-state index in [0.29, 0.717) is 76.6 Å². The van der Waals surface area contributed by atoms with Crippen LogP contribution in [0, 0.1) is 0 Å². The third-order valence-electron chi connectivity index (χ3n) is 8.43. The molecule has 1 aliphatic rings. The van der Waals surface area contributed by atoms with Crippen molar-refractivity contribution in [3.05, 3.63) is 35.4 Å². The van der Waals surface area contributed by atoms with Crippen LogP contribution in [0.4, 0.5) is 5.82 Å². The van der Waals surface area contributed by atoms with E-state index in [2.05, 4.69) is 30.1 Å². The highest BCUT2D eigenvalue weighted by molar-refractivity contribution is 6.01. The average Bonchev–Trinajstić information content (AvgIpc) is 3.43. The number of nitrogens with zero attached hydrogens (tertiary/aromatic N) is 2. The monoisotopic (exact) mass is 751 g/mol. The van der Waals surface area contributed by atoms with Crippen molar-refractivity contribution in [3.63, 3.8) is 0 Å². The molecule has 0 unspecified atom stereocenters. The summed E-state index contributed by atoms with van der Waals surface area (Å²) in [5.74, 6) is -0.829. The number of carbonyl (C=O) groups is 4. The Morgan fingerprint density at radius 1 is 0.692 bits per heavy atom. The second-order valence-electron chi connectivity index (χ2n) is 12.5. The zero-order valence-electron chi connectivity index (χ0n) is 30.7. The van der Waals surface area contributed by atoms with Gasteiger partial charge in [-0.25, -0.2) is 9.78 Å². The molecule has 14 heteroatoms. The van der Waals surface area contributed by atoms with Gasteiger partial charge < -0.3 is 34.3 Å². The molecule has 13 nitrogen and oxygen atoms in total. The van der Waals surface area contributed by atoms with Gasteiger partial charge in [-0.3, -0.25) is 14.4 Å². The quantitative estimate of drug-likeness (QED) is 0.0788. The number of ketones is 1. The van der Waals surface area contributed by atoms with Gasteiger partial charge in [0.2, 0.25) is 0 Å². The van der Waals surface area contributed by atoms with Gasteiger partial charge in [-0.2, -0.15) is 0 Å². The molecule has 2 heterocycles. The third-order valence-corrected chi connectivity index (χ3v) is 8.43. The van der Waals surface area contributed by atoms with Crippen molar-refractivity contribution in [1.82, 2.24) is 10.0 Å². The fraction of sp³-hybridized carbons (Fsp3) is 0.658. The highest BCUT2D eigenvalue weighted by Crippen LogP contribution is 2.25. The highest BCUT2D eigenvalue weighted by Gasteiger charge is 2.32. The summed E-state index contributed by atoms with van der Waals surface area (Å²) >= 11 is 0. The number of fused-ring (bicyclic) bond motifs is 1. The molecule has 2 amide bonds. The minimum Gasteiger partial charge on any atom is -0.383 e. The molecule has 52 heavy (non-hydrogen) atoms. The lowest BCUT2D eigenvalue weighted by Crippen LogP contribution is -2.32. The summed E-state index contributed by atoms with van der Waals surface area (Å²) in [6, 6.07) is 8.54. The highest BCUT2D eigenvalue weighted by atomic mass is 35.5. The summed E-state index contributed by atoms with van der Waals surface area (Å²) in [5.41, 5.74) is 9.68. The molecular formula is C38H58ClN3O10. The topological polar surface area (TPSA) is 166 Å². The van der Waals surface area contributed by atoms with Gasteiger partial charge in [-0.05, 0) is 55.4 Å². The number of unbranched alkanes of at least 4 members (excludes halogenated alkanes) is 5. The Hall–Kier alpha value is -3.20. The molecule has 1 aromatic heterocycles. The maximum Gasteiger partial charge on any atom is 0.335 e. The molecule has 0 aliphatic carbocycles. The summed E-state index contributed by atoms with van der Waals surface area (Å²) in [5, 5.41) is 1.73. The maximum absolute atomic E-state index is 12.2. The minimum atomic E-state index is -0.699. The van der Waals surface area contributed by atoms with Gasteiger partial charge in [0.05, 0.1) is 78.0 Å². The van der Waals surface area contributed by atoms with Crippen molar-refractivity contribution < 1.29 is 47.7 Å². The van der Waals surface area contributed by atoms with E-state index < -0.39 is 17.8 Å². The molecule has 1 aliphatic heterocycles. The fourth-order valence-electron chi connectivity index (χ4n) is 5.54. The number of aryl methyl sites for hydroxylation is 2. The van der Waals surface area contributed by atoms with Crippen molar-refractivity contribution in [2.45, 2.75) is 96.8 Å². The Balaban J connectivity index is 0.00000936. The van der Waals surface area contributed by atoms with Crippen LogP contribution in [0.2, 0.25) is 0 Å². The van der Waals surface area contributed by atoms with E-state index in [4.69, 9.17) is 34.3 Å². The summed E-state index contributed by atoms with van der Waals surface area (Å²) in [6.07, 6.45) is 10.7. The van der Waals surface area contributed by atoms with E-state index in [-0.39, 0.29) is 50.7 Å². The average molecular weight is 752 g/mol. The number of halogens is 1. The first-order chi connectivity index (χ1) is 24.9. The molecule has 0 radical (unpaired) electrons. The van der Waals surface area contributed by atoms with Gasteiger partial charge in [0.15, 0.2) is 0 Å². The number of hydrogen-bond donors (Lipinski definition) is 1. The van der Waals surface area contributed by atoms with Crippen LogP contribution in [0.15, 0.2) is 24.3 Å². The molecule has 0 spiro atoms. The van der Waals surface area contributed by atoms with E-state index >= 15 is 0 Å². The minimum absolute atomic E-state index is 0. The Morgan fingerprint density at radius 2 is 1.23 bits per heavy atom. The molecular weight excluding hydrogens is 694 g/mol. The predicted octanol–water partition coefficient (Wildman–Crippen LogP) is 5.50. The molecule has 1 aromatic carbocycles. The lowest BCUT2D eigenvalue weighted by Gasteiger charge is -2.12. The number of anilines is 1. The molecule has 0 atom stereocenters. The van der Waals surface area contributed by atoms with E-state index in [1.54, 1.807) is 0 Å². The van der Waals surface area contributed by atoms with E-state index in [1.165, 1.54) is 23.8 Å². The summed E-state index contributed by atoms with van der Waals surface area (Å²) in [7, 11) is 0. The van der Waals surface area contributed by atoms with Crippen molar-refractivity contribution in [1.29, 1.82) is 0 Å². The number of aromatic nitrogens is 1. The summed E-state index contributed by atoms with van der Waals surface area (Å²) in [6.45, 7) is 5.84. The van der Waals surface area contributed by atoms with Crippen LogP contribution in [0.25, 0.3) is 10.9 Å². The Bertz CT molecular complexity index is 1350. The molecule has 1 fully saturated rings. The van der Waals surface area contributed by atoms with Gasteiger partial charge in [-0.1, -0.05) is 44.7 Å². The maximum atomic E-state index is 12.2. The van der Waals surface area contributed by atoms with Crippen LogP contribution < -0.4 is 5.73 Å². The lowest BCUT2D eigenvalue weighted by molar-refractivity contribution is -0.198. The first-order valence-electron chi connectivity index (χ1n) is 18.5. The zero-order valence-corrected chi connectivity index (χ0v) is 31.6. The van der Waals surface area contributed by atoms with Crippen LogP contribution in [0.1, 0.15) is 95.1 Å². The van der Waals surface area contributed by atoms with Crippen LogP contribution in [0.5, 0.6) is 0 Å². The largest absolute Gasteiger partial charge is 0.383 e. The van der Waals surface area contributed by atoms with Crippen molar-refractivity contribution in [2.75, 3.05) is 71.8 Å². The molecule has 1 saturated heterocycles. The Morgan fingerprint density at radius 3 is 1.85 bits per heavy atom. The molecule has 0 bridgehead atoms. The number of nitrogens with two attached hydrogens (primary N) is 1. The summed E-state index contributed by atoms with van der Waals surface area (Å²) in [4.78, 5) is 56.2.